The summed E-state index contributed by atoms with van der Waals surface area (Å²) in [4.78, 5) is 22.0. The van der Waals surface area contributed by atoms with E-state index in [0.29, 0.717) is 5.69 Å². The molecule has 0 bridgehead atoms. The van der Waals surface area contributed by atoms with E-state index in [1.807, 2.05) is 0 Å². The first-order valence-electron chi connectivity index (χ1n) is 6.43. The van der Waals surface area contributed by atoms with E-state index >= 15 is 0 Å². The minimum absolute atomic E-state index is 0.0374. The van der Waals surface area contributed by atoms with Crippen LogP contribution in [-0.2, 0) is 4.74 Å². The van der Waals surface area contributed by atoms with Crippen LogP contribution < -0.4 is 5.32 Å². The normalized spacial score (nSPS) is 11.2. The van der Waals surface area contributed by atoms with E-state index in [9.17, 15) is 14.9 Å². The molecule has 0 spiro atoms. The Bertz CT molecular complexity index is 704. The number of nitro groups is 1. The quantitative estimate of drug-likeness (QED) is 0.666. The number of rotatable bonds is 2. The van der Waals surface area contributed by atoms with Gasteiger partial charge in [-0.15, -0.1) is 0 Å². The first kappa shape index (κ1) is 14.8. The second-order valence-corrected chi connectivity index (χ2v) is 5.63. The number of non-ortho nitro benzene ring substituents is 1. The third kappa shape index (κ3) is 3.92. The van der Waals surface area contributed by atoms with Crippen molar-refractivity contribution in [1.29, 1.82) is 0 Å². The van der Waals surface area contributed by atoms with Crippen LogP contribution in [0.3, 0.4) is 0 Å². The summed E-state index contributed by atoms with van der Waals surface area (Å²) in [6.45, 7) is 5.35. The lowest BCUT2D eigenvalue weighted by atomic mass is 10.1. The lowest BCUT2D eigenvalue weighted by Gasteiger charge is -2.19. The van der Waals surface area contributed by atoms with Crippen LogP contribution in [0, 0.1) is 10.1 Å². The summed E-state index contributed by atoms with van der Waals surface area (Å²) in [6.07, 6.45) is -0.538. The summed E-state index contributed by atoms with van der Waals surface area (Å²) in [7, 11) is 0. The van der Waals surface area contributed by atoms with Crippen LogP contribution in [0.2, 0.25) is 0 Å². The van der Waals surface area contributed by atoms with Crippen molar-refractivity contribution in [3.05, 3.63) is 46.5 Å². The van der Waals surface area contributed by atoms with Gasteiger partial charge in [0.25, 0.3) is 5.69 Å². The number of anilines is 1. The summed E-state index contributed by atoms with van der Waals surface area (Å²) >= 11 is 0. The van der Waals surface area contributed by atoms with Gasteiger partial charge in [-0.2, -0.15) is 0 Å². The summed E-state index contributed by atoms with van der Waals surface area (Å²) in [6, 6.07) is 9.70. The molecule has 0 fully saturated rings. The van der Waals surface area contributed by atoms with Gasteiger partial charge in [-0.25, -0.2) is 4.79 Å². The van der Waals surface area contributed by atoms with Crippen LogP contribution in [0.5, 0.6) is 0 Å². The van der Waals surface area contributed by atoms with Crippen LogP contribution in [0.25, 0.3) is 10.8 Å². The Morgan fingerprint density at radius 1 is 1.14 bits per heavy atom. The monoisotopic (exact) mass is 288 g/mol. The van der Waals surface area contributed by atoms with Crippen molar-refractivity contribution in [2.45, 2.75) is 26.4 Å². The fraction of sp³-hybridized carbons (Fsp3) is 0.267. The largest absolute Gasteiger partial charge is 0.444 e. The molecule has 6 nitrogen and oxygen atoms in total. The second kappa shape index (κ2) is 5.40. The Labute approximate surface area is 121 Å². The molecule has 0 aromatic heterocycles. The van der Waals surface area contributed by atoms with Gasteiger partial charge in [-0.05, 0) is 49.7 Å². The first-order valence-corrected chi connectivity index (χ1v) is 6.43. The molecule has 21 heavy (non-hydrogen) atoms. The van der Waals surface area contributed by atoms with Crippen molar-refractivity contribution in [1.82, 2.24) is 0 Å². The van der Waals surface area contributed by atoms with E-state index in [2.05, 4.69) is 5.32 Å². The highest BCUT2D eigenvalue weighted by molar-refractivity contribution is 5.92. The van der Waals surface area contributed by atoms with Crippen molar-refractivity contribution >= 4 is 28.2 Å². The standard InChI is InChI=1S/C15H16N2O4/c1-15(2,3)21-14(18)16-12-6-4-11-9-13(17(19)20)7-5-10(11)8-12/h4-9H,1-3H3,(H,16,18). The molecule has 2 aromatic carbocycles. The molecule has 0 saturated carbocycles. The fourth-order valence-corrected chi connectivity index (χ4v) is 1.85. The van der Waals surface area contributed by atoms with E-state index in [4.69, 9.17) is 4.74 Å². The number of nitro benzene ring substituents is 1. The lowest BCUT2D eigenvalue weighted by Crippen LogP contribution is -2.27. The number of carbonyl (C=O) groups is 1. The molecule has 110 valence electrons. The van der Waals surface area contributed by atoms with Crippen molar-refractivity contribution in [2.24, 2.45) is 0 Å². The number of ether oxygens (including phenoxy) is 1. The summed E-state index contributed by atoms with van der Waals surface area (Å²) in [5.74, 6) is 0. The predicted molar refractivity (Wildman–Crippen MR) is 80.5 cm³/mol. The molecule has 2 aromatic rings. The van der Waals surface area contributed by atoms with Crippen molar-refractivity contribution < 1.29 is 14.5 Å². The zero-order valence-corrected chi connectivity index (χ0v) is 12.0. The number of amides is 1. The third-order valence-corrected chi connectivity index (χ3v) is 2.68. The van der Waals surface area contributed by atoms with Crippen LogP contribution in [-0.4, -0.2) is 16.6 Å². The Morgan fingerprint density at radius 2 is 1.76 bits per heavy atom. The van der Waals surface area contributed by atoms with Gasteiger partial charge in [0, 0.05) is 17.8 Å². The Balaban J connectivity index is 2.22. The molecule has 0 saturated heterocycles. The highest BCUT2D eigenvalue weighted by Crippen LogP contribution is 2.24. The van der Waals surface area contributed by atoms with E-state index in [1.165, 1.54) is 12.1 Å². The molecule has 1 amide bonds. The van der Waals surface area contributed by atoms with Gasteiger partial charge in [0.05, 0.1) is 4.92 Å². The average Bonchev–Trinajstić information content (AvgIpc) is 2.35. The van der Waals surface area contributed by atoms with E-state index in [1.54, 1.807) is 45.0 Å². The number of carbonyl (C=O) groups excluding carboxylic acids is 1. The smallest absolute Gasteiger partial charge is 0.412 e. The number of hydrogen-bond acceptors (Lipinski definition) is 4. The van der Waals surface area contributed by atoms with Gasteiger partial charge in [0.1, 0.15) is 5.60 Å². The van der Waals surface area contributed by atoms with E-state index in [-0.39, 0.29) is 5.69 Å². The molecular weight excluding hydrogens is 272 g/mol. The minimum Gasteiger partial charge on any atom is -0.444 e. The second-order valence-electron chi connectivity index (χ2n) is 5.63. The molecule has 0 aliphatic rings. The molecule has 0 unspecified atom stereocenters. The molecular formula is C15H16N2O4. The first-order chi connectivity index (χ1) is 9.74. The number of fused-ring (bicyclic) bond motifs is 1. The Hall–Kier alpha value is -2.63. The number of nitrogens with one attached hydrogen (secondary N) is 1. The predicted octanol–water partition coefficient (Wildman–Crippen LogP) is 4.10. The summed E-state index contributed by atoms with van der Waals surface area (Å²) in [5.41, 5.74) is 0.0441. The van der Waals surface area contributed by atoms with Crippen LogP contribution in [0.4, 0.5) is 16.2 Å². The highest BCUT2D eigenvalue weighted by atomic mass is 16.6. The minimum atomic E-state index is -0.568. The number of benzene rings is 2. The lowest BCUT2D eigenvalue weighted by molar-refractivity contribution is -0.384. The number of hydrogen-bond donors (Lipinski definition) is 1. The molecule has 2 rings (SSSR count). The average molecular weight is 288 g/mol. The maximum Gasteiger partial charge on any atom is 0.412 e. The third-order valence-electron chi connectivity index (χ3n) is 2.68. The van der Waals surface area contributed by atoms with Gasteiger partial charge >= 0.3 is 6.09 Å². The zero-order chi connectivity index (χ0) is 15.6. The van der Waals surface area contributed by atoms with Gasteiger partial charge in [0.15, 0.2) is 0 Å². The zero-order valence-electron chi connectivity index (χ0n) is 12.0. The molecule has 0 aliphatic carbocycles. The van der Waals surface area contributed by atoms with E-state index < -0.39 is 16.6 Å². The highest BCUT2D eigenvalue weighted by Gasteiger charge is 2.16. The van der Waals surface area contributed by atoms with Gasteiger partial charge in [-0.3, -0.25) is 15.4 Å². The Kier molecular flexibility index (Phi) is 3.80. The summed E-state index contributed by atoms with van der Waals surface area (Å²) < 4.78 is 5.16. The molecule has 1 N–H and O–H groups in total. The van der Waals surface area contributed by atoms with E-state index in [0.717, 1.165) is 10.8 Å². The van der Waals surface area contributed by atoms with Gasteiger partial charge in [0.2, 0.25) is 0 Å². The molecule has 0 atom stereocenters. The van der Waals surface area contributed by atoms with Gasteiger partial charge in [-0.1, -0.05) is 6.07 Å². The van der Waals surface area contributed by atoms with Crippen LogP contribution >= 0.6 is 0 Å². The number of nitrogens with zero attached hydrogens (tertiary/aromatic N) is 1. The molecule has 0 aliphatic heterocycles. The SMILES string of the molecule is CC(C)(C)OC(=O)Nc1ccc2cc([N+](=O)[O-])ccc2c1. The fourth-order valence-electron chi connectivity index (χ4n) is 1.85. The molecule has 0 radical (unpaired) electrons. The van der Waals surface area contributed by atoms with Crippen LogP contribution in [0.1, 0.15) is 20.8 Å². The van der Waals surface area contributed by atoms with Crippen molar-refractivity contribution in [2.75, 3.05) is 5.32 Å². The topological polar surface area (TPSA) is 81.5 Å². The van der Waals surface area contributed by atoms with Crippen molar-refractivity contribution in [3.8, 4) is 0 Å². The van der Waals surface area contributed by atoms with Gasteiger partial charge < -0.3 is 4.74 Å². The summed E-state index contributed by atoms with van der Waals surface area (Å²) in [5, 5.41) is 14.9. The van der Waals surface area contributed by atoms with Crippen molar-refractivity contribution in [3.63, 3.8) is 0 Å². The molecule has 6 heteroatoms. The maximum atomic E-state index is 11.7. The van der Waals surface area contributed by atoms with Crippen LogP contribution in [0.15, 0.2) is 36.4 Å². The maximum absolute atomic E-state index is 11.7. The molecule has 0 heterocycles. The Morgan fingerprint density at radius 3 is 2.38 bits per heavy atom.